The molecule has 0 spiro atoms. The molecule has 0 saturated carbocycles. The zero-order valence-corrected chi connectivity index (χ0v) is 28.5. The van der Waals surface area contributed by atoms with Crippen LogP contribution in [0.15, 0.2) is 72.8 Å². The zero-order valence-electron chi connectivity index (χ0n) is 28.5. The minimum Gasteiger partial charge on any atom is -0.484 e. The fourth-order valence-corrected chi connectivity index (χ4v) is 5.33. The molecule has 1 atom stereocenters. The maximum Gasteiger partial charge on any atom is 0.255 e. The molecule has 2 amide bonds. The summed E-state index contributed by atoms with van der Waals surface area (Å²) in [6, 6.07) is 22.3. The van der Waals surface area contributed by atoms with Crippen molar-refractivity contribution in [1.82, 2.24) is 20.4 Å². The van der Waals surface area contributed by atoms with E-state index in [1.165, 1.54) is 0 Å². The van der Waals surface area contributed by atoms with Gasteiger partial charge >= 0.3 is 0 Å². The third-order valence-electron chi connectivity index (χ3n) is 7.85. The van der Waals surface area contributed by atoms with Gasteiger partial charge in [-0.3, -0.25) is 19.4 Å². The highest BCUT2D eigenvalue weighted by Crippen LogP contribution is 2.37. The number of hydrogen-bond donors (Lipinski definition) is 7. The SMILES string of the molecule is NCC[C@H](N)CN(CCN)CCNC(=O)c1ccc(C(=O)NCCN(CCN)CCN)c(OCc2ccccc2)c1OCc1ccccc1. The van der Waals surface area contributed by atoms with Crippen molar-refractivity contribution >= 4 is 11.8 Å². The van der Waals surface area contributed by atoms with E-state index in [2.05, 4.69) is 20.4 Å². The van der Waals surface area contributed by atoms with Crippen molar-refractivity contribution in [1.29, 1.82) is 0 Å². The highest BCUT2D eigenvalue weighted by atomic mass is 16.5. The molecular weight excluding hydrogens is 622 g/mol. The predicted octanol–water partition coefficient (Wildman–Crippen LogP) is 0.460. The summed E-state index contributed by atoms with van der Waals surface area (Å²) in [7, 11) is 0. The average Bonchev–Trinajstić information content (AvgIpc) is 3.10. The summed E-state index contributed by atoms with van der Waals surface area (Å²) >= 11 is 0. The molecular formula is C36H55N9O4. The number of ether oxygens (including phenoxy) is 2. The van der Waals surface area contributed by atoms with Gasteiger partial charge in [0.05, 0.1) is 11.1 Å². The Labute approximate surface area is 290 Å². The summed E-state index contributed by atoms with van der Waals surface area (Å²) < 4.78 is 12.7. The highest BCUT2D eigenvalue weighted by molar-refractivity contribution is 6.03. The molecule has 0 radical (unpaired) electrons. The summed E-state index contributed by atoms with van der Waals surface area (Å²) in [6.45, 7) is 6.70. The van der Waals surface area contributed by atoms with Crippen LogP contribution in [-0.2, 0) is 13.2 Å². The van der Waals surface area contributed by atoms with Crippen LogP contribution in [0, 0.1) is 0 Å². The molecule has 3 aromatic carbocycles. The van der Waals surface area contributed by atoms with Crippen molar-refractivity contribution in [3.63, 3.8) is 0 Å². The van der Waals surface area contributed by atoms with Crippen molar-refractivity contribution in [2.75, 3.05) is 78.5 Å². The number of amides is 2. The third kappa shape index (κ3) is 13.8. The standard InChI is InChI=1S/C36H55N9O4/c37-14-13-30(41)25-45(22-17-40)24-19-43-36(47)32-12-11-31(35(46)42-18-23-44(20-15-38)21-16-39)33(48-26-28-7-3-1-4-8-28)34(32)49-27-29-9-5-2-6-10-29/h1-12,30H,13-27,37-41H2,(H,42,46)(H,43,47)/t30-/m0/s1. The number of carbonyl (C=O) groups excluding carboxylic acids is 2. The Hall–Kier alpha value is -4.08. The lowest BCUT2D eigenvalue weighted by atomic mass is 10.1. The van der Waals surface area contributed by atoms with E-state index >= 15 is 0 Å². The van der Waals surface area contributed by atoms with Gasteiger partial charge in [-0.05, 0) is 36.2 Å². The molecule has 0 unspecified atom stereocenters. The van der Waals surface area contributed by atoms with Crippen LogP contribution in [0.3, 0.4) is 0 Å². The number of hydrogen-bond acceptors (Lipinski definition) is 11. The summed E-state index contributed by atoms with van der Waals surface area (Å²) in [6.07, 6.45) is 0.695. The Balaban J connectivity index is 1.91. The van der Waals surface area contributed by atoms with Gasteiger partial charge in [-0.2, -0.15) is 0 Å². The molecule has 0 aromatic heterocycles. The van der Waals surface area contributed by atoms with E-state index in [0.29, 0.717) is 85.0 Å². The Kier molecular flexibility index (Phi) is 18.1. The van der Waals surface area contributed by atoms with E-state index in [-0.39, 0.29) is 53.7 Å². The van der Waals surface area contributed by atoms with Crippen molar-refractivity contribution in [3.05, 3.63) is 95.1 Å². The van der Waals surface area contributed by atoms with Gasteiger partial charge in [-0.15, -0.1) is 0 Å². The lowest BCUT2D eigenvalue weighted by Gasteiger charge is -2.25. The molecule has 0 aliphatic rings. The molecule has 0 saturated heterocycles. The molecule has 3 aromatic rings. The molecule has 0 aliphatic carbocycles. The average molecular weight is 678 g/mol. The summed E-state index contributed by atoms with van der Waals surface area (Å²) in [4.78, 5) is 31.6. The highest BCUT2D eigenvalue weighted by Gasteiger charge is 2.25. The quantitative estimate of drug-likeness (QED) is 0.0692. The molecule has 13 nitrogen and oxygen atoms in total. The molecule has 0 fully saturated rings. The first-order valence-corrected chi connectivity index (χ1v) is 17.0. The van der Waals surface area contributed by atoms with Gasteiger partial charge in [0.2, 0.25) is 0 Å². The van der Waals surface area contributed by atoms with E-state index in [0.717, 1.165) is 11.1 Å². The lowest BCUT2D eigenvalue weighted by molar-refractivity contribution is 0.0926. The van der Waals surface area contributed by atoms with Gasteiger partial charge in [0.25, 0.3) is 11.8 Å². The van der Waals surface area contributed by atoms with E-state index in [9.17, 15) is 9.59 Å². The van der Waals surface area contributed by atoms with E-state index < -0.39 is 0 Å². The smallest absolute Gasteiger partial charge is 0.255 e. The molecule has 3 rings (SSSR count). The largest absolute Gasteiger partial charge is 0.484 e. The second-order valence-electron chi connectivity index (χ2n) is 11.7. The molecule has 13 heteroatoms. The second-order valence-corrected chi connectivity index (χ2v) is 11.7. The van der Waals surface area contributed by atoms with Crippen molar-refractivity contribution in [2.45, 2.75) is 25.7 Å². The molecule has 0 heterocycles. The Morgan fingerprint density at radius 2 is 1.02 bits per heavy atom. The van der Waals surface area contributed by atoms with Crippen LogP contribution < -0.4 is 48.8 Å². The van der Waals surface area contributed by atoms with Gasteiger partial charge < -0.3 is 48.8 Å². The first-order valence-electron chi connectivity index (χ1n) is 17.0. The van der Waals surface area contributed by atoms with E-state index in [1.54, 1.807) is 12.1 Å². The molecule has 268 valence electrons. The molecule has 49 heavy (non-hydrogen) atoms. The van der Waals surface area contributed by atoms with Gasteiger partial charge in [0.1, 0.15) is 13.2 Å². The number of nitrogens with one attached hydrogen (secondary N) is 2. The Morgan fingerprint density at radius 3 is 1.45 bits per heavy atom. The van der Waals surface area contributed by atoms with Crippen molar-refractivity contribution in [2.24, 2.45) is 28.7 Å². The predicted molar refractivity (Wildman–Crippen MR) is 194 cm³/mol. The Morgan fingerprint density at radius 1 is 0.592 bits per heavy atom. The molecule has 0 bridgehead atoms. The van der Waals surface area contributed by atoms with Gasteiger partial charge in [-0.1, -0.05) is 60.7 Å². The summed E-state index contributed by atoms with van der Waals surface area (Å²) in [5.74, 6) is -0.353. The van der Waals surface area contributed by atoms with Crippen molar-refractivity contribution < 1.29 is 19.1 Å². The minimum absolute atomic E-state index is 0.0855. The zero-order chi connectivity index (χ0) is 35.3. The number of benzene rings is 3. The maximum absolute atomic E-state index is 13.8. The van der Waals surface area contributed by atoms with Gasteiger partial charge in [-0.25, -0.2) is 0 Å². The van der Waals surface area contributed by atoms with Crippen LogP contribution in [0.4, 0.5) is 0 Å². The molecule has 12 N–H and O–H groups in total. The topological polar surface area (TPSA) is 213 Å². The second kappa shape index (κ2) is 22.5. The maximum atomic E-state index is 13.8. The summed E-state index contributed by atoms with van der Waals surface area (Å²) in [5.41, 5.74) is 31.5. The van der Waals surface area contributed by atoms with Crippen LogP contribution in [0.5, 0.6) is 11.5 Å². The Bertz CT molecular complexity index is 1380. The van der Waals surface area contributed by atoms with Crippen LogP contribution in [-0.4, -0.2) is 106 Å². The summed E-state index contributed by atoms with van der Waals surface area (Å²) in [5, 5.41) is 5.99. The first-order chi connectivity index (χ1) is 23.9. The van der Waals surface area contributed by atoms with Crippen LogP contribution in [0.2, 0.25) is 0 Å². The van der Waals surface area contributed by atoms with E-state index in [4.69, 9.17) is 38.1 Å². The van der Waals surface area contributed by atoms with Crippen LogP contribution in [0.25, 0.3) is 0 Å². The number of nitrogens with zero attached hydrogens (tertiary/aromatic N) is 2. The fourth-order valence-electron chi connectivity index (χ4n) is 5.33. The van der Waals surface area contributed by atoms with Crippen LogP contribution in [0.1, 0.15) is 38.3 Å². The monoisotopic (exact) mass is 677 g/mol. The van der Waals surface area contributed by atoms with Gasteiger partial charge in [0, 0.05) is 78.0 Å². The van der Waals surface area contributed by atoms with Gasteiger partial charge in [0.15, 0.2) is 11.5 Å². The third-order valence-corrected chi connectivity index (χ3v) is 7.85. The first kappa shape index (κ1) is 39.4. The molecule has 0 aliphatic heterocycles. The number of rotatable bonds is 24. The van der Waals surface area contributed by atoms with Crippen LogP contribution >= 0.6 is 0 Å². The fraction of sp³-hybridized carbons (Fsp3) is 0.444. The number of carbonyl (C=O) groups is 2. The lowest BCUT2D eigenvalue weighted by Crippen LogP contribution is -2.44. The van der Waals surface area contributed by atoms with Crippen molar-refractivity contribution in [3.8, 4) is 11.5 Å². The van der Waals surface area contributed by atoms with E-state index in [1.807, 2.05) is 60.7 Å². The number of nitrogens with two attached hydrogens (primary N) is 5. The normalized spacial score (nSPS) is 11.8. The minimum atomic E-state index is -0.363.